The molecule has 5 N–H and O–H groups in total. The zero-order valence-corrected chi connectivity index (χ0v) is 53.4. The summed E-state index contributed by atoms with van der Waals surface area (Å²) in [5, 5.41) is 24.0. The molecule has 5 amide bonds. The van der Waals surface area contributed by atoms with Crippen molar-refractivity contribution >= 4 is 75.9 Å². The van der Waals surface area contributed by atoms with Crippen molar-refractivity contribution in [2.45, 2.75) is 182 Å². The van der Waals surface area contributed by atoms with E-state index in [-0.39, 0.29) is 110 Å². The molecule has 0 bridgehead atoms. The first-order valence-electron chi connectivity index (χ1n) is 30.3. The number of thiazole rings is 1. The van der Waals surface area contributed by atoms with E-state index in [1.54, 1.807) is 19.4 Å². The molecule has 3 rings (SSSR count). The number of hydrogen-bond acceptors (Lipinski definition) is 15. The maximum Gasteiger partial charge on any atom is 0.306 e. The van der Waals surface area contributed by atoms with Crippen LogP contribution in [0.4, 0.5) is 5.69 Å². The molecule has 21 heteroatoms. The normalized spacial score (nSPS) is 16.2. The van der Waals surface area contributed by atoms with Gasteiger partial charge in [0.2, 0.25) is 23.6 Å². The highest BCUT2D eigenvalue weighted by Gasteiger charge is 2.39. The van der Waals surface area contributed by atoms with Crippen LogP contribution in [0, 0.1) is 36.5 Å². The van der Waals surface area contributed by atoms with E-state index < -0.39 is 41.8 Å². The number of aromatic nitrogens is 1. The van der Waals surface area contributed by atoms with Crippen LogP contribution in [-0.2, 0) is 54.2 Å². The minimum absolute atomic E-state index is 0.00341. The molecule has 19 nitrogen and oxygen atoms in total. The number of aliphatic carboxylic acids is 1. The highest BCUT2D eigenvalue weighted by Crippen LogP contribution is 2.34. The van der Waals surface area contributed by atoms with Crippen LogP contribution in [-0.4, -0.2) is 164 Å². The second-order valence-electron chi connectivity index (χ2n) is 22.9. The van der Waals surface area contributed by atoms with Gasteiger partial charge in [0.05, 0.1) is 30.9 Å². The second-order valence-corrected chi connectivity index (χ2v) is 24.6. The first kappa shape index (κ1) is 72.5. The maximum absolute atomic E-state index is 14.9. The van der Waals surface area contributed by atoms with Crippen LogP contribution in [0.1, 0.15) is 178 Å². The van der Waals surface area contributed by atoms with Gasteiger partial charge in [0, 0.05) is 94.0 Å². The molecule has 2 heterocycles. The zero-order chi connectivity index (χ0) is 61.4. The molecule has 468 valence electrons. The van der Waals surface area contributed by atoms with Gasteiger partial charge in [-0.05, 0) is 114 Å². The standard InChI is InChI=1S/C62H101N7O12S2/c1-12-27-69(61(76)49(42(6)14-3)36-54(71)52-21-16-18-28-68(52)9)53(41(4)5)37-55(81-29-13-2)60-67-51(40-83-60)59(75)65-47(32-44(8)62(77)78)33-45-24-23-43(7)50(34-45)66-56(72)22-19-26-64-58(74)46(35-48(70)39-82-11)20-15-17-25-63-57(73)38-80-31-30-79-10/h23-24,34,40-42,44,46-47,49,52-53,55H,12-22,25-33,35-39H2,1-11H3,(H,63,73)(H,64,74)(H,65,75)(H,66,72)(H,77,78)/t42?,44?,46?,47-,49+,52?,53-,55-/m1/s1. The fourth-order valence-electron chi connectivity index (χ4n) is 10.5. The van der Waals surface area contributed by atoms with Gasteiger partial charge in [-0.15, -0.1) is 11.3 Å². The maximum atomic E-state index is 14.9. The van der Waals surface area contributed by atoms with Gasteiger partial charge >= 0.3 is 5.97 Å². The van der Waals surface area contributed by atoms with Crippen molar-refractivity contribution in [2.24, 2.45) is 29.6 Å². The Morgan fingerprint density at radius 3 is 2.33 bits per heavy atom. The third-order valence-corrected chi connectivity index (χ3v) is 17.1. The quantitative estimate of drug-likeness (QED) is 0.0389. The molecule has 2 aromatic rings. The summed E-state index contributed by atoms with van der Waals surface area (Å²) in [4.78, 5) is 115. The number of hydrogen-bond donors (Lipinski definition) is 5. The number of amides is 5. The number of unbranched alkanes of at least 4 members (excludes halogenated alkanes) is 1. The second kappa shape index (κ2) is 39.7. The number of aryl methyl sites for hydroxylation is 1. The lowest BCUT2D eigenvalue weighted by Crippen LogP contribution is -2.50. The zero-order valence-electron chi connectivity index (χ0n) is 51.8. The number of Topliss-reactive ketones (excluding diaryl/α,β-unsaturated/α-hetero) is 2. The summed E-state index contributed by atoms with van der Waals surface area (Å²) in [5.74, 6) is -3.55. The molecule has 0 radical (unpaired) electrons. The molecular weight excluding hydrogens is 1100 g/mol. The van der Waals surface area contributed by atoms with Crippen LogP contribution in [0.3, 0.4) is 0 Å². The first-order valence-corrected chi connectivity index (χ1v) is 32.6. The van der Waals surface area contributed by atoms with E-state index in [9.17, 15) is 43.5 Å². The lowest BCUT2D eigenvalue weighted by Gasteiger charge is -2.40. The van der Waals surface area contributed by atoms with E-state index in [4.69, 9.17) is 19.2 Å². The fraction of sp³-hybridized carbons (Fsp3) is 0.726. The van der Waals surface area contributed by atoms with E-state index >= 15 is 0 Å². The van der Waals surface area contributed by atoms with Gasteiger partial charge < -0.3 is 45.5 Å². The topological polar surface area (TPSA) is 252 Å². The molecule has 1 saturated heterocycles. The lowest BCUT2D eigenvalue weighted by atomic mass is 9.82. The van der Waals surface area contributed by atoms with Gasteiger partial charge in [-0.25, -0.2) is 4.98 Å². The van der Waals surface area contributed by atoms with Crippen molar-refractivity contribution in [3.05, 3.63) is 45.4 Å². The fourth-order valence-corrected chi connectivity index (χ4v) is 11.8. The predicted octanol–water partition coefficient (Wildman–Crippen LogP) is 8.85. The Morgan fingerprint density at radius 2 is 1.66 bits per heavy atom. The molecular formula is C62H101N7O12S2. The molecule has 1 fully saturated rings. The van der Waals surface area contributed by atoms with Gasteiger partial charge in [-0.3, -0.25) is 43.3 Å². The number of methoxy groups -OCH3 is 1. The lowest BCUT2D eigenvalue weighted by molar-refractivity contribution is -0.145. The van der Waals surface area contributed by atoms with Gasteiger partial charge in [-0.1, -0.05) is 79.9 Å². The van der Waals surface area contributed by atoms with E-state index in [1.165, 1.54) is 23.1 Å². The number of carbonyl (C=O) groups excluding carboxylic acids is 7. The van der Waals surface area contributed by atoms with E-state index in [0.29, 0.717) is 81.5 Å². The Kier molecular flexibility index (Phi) is 34.7. The number of likely N-dealkylation sites (N-methyl/N-ethyl adjacent to an activating group) is 1. The molecule has 4 unspecified atom stereocenters. The number of ether oxygens (including phenoxy) is 3. The Morgan fingerprint density at radius 1 is 0.916 bits per heavy atom. The summed E-state index contributed by atoms with van der Waals surface area (Å²) in [6, 6.07) is 4.53. The van der Waals surface area contributed by atoms with E-state index in [2.05, 4.69) is 60.8 Å². The third-order valence-electron chi connectivity index (χ3n) is 15.6. The SMILES string of the molecule is CCCO[C@H](C[C@H](C(C)C)N(CCC)C(=O)[C@@H](CC(=O)C1CCCCN1C)C(C)CC)c1nc(C(=O)N[C@@H](Cc2ccc(C)c(NC(=O)CCCNC(=O)C(CCCCNC(=O)COCCOC)CC(=O)CSC)c2)CC(C)C(=O)O)cs1. The summed E-state index contributed by atoms with van der Waals surface area (Å²) in [6.07, 6.45) is 9.74. The number of anilines is 1. The number of carboxylic acid groups (broad SMARTS) is 1. The van der Waals surface area contributed by atoms with E-state index in [1.807, 2.05) is 50.2 Å². The van der Waals surface area contributed by atoms with Gasteiger partial charge in [0.1, 0.15) is 29.2 Å². The number of nitrogens with one attached hydrogen (secondary N) is 4. The van der Waals surface area contributed by atoms with Crippen molar-refractivity contribution < 1.29 is 57.7 Å². The average molecular weight is 1200 g/mol. The minimum atomic E-state index is -1.00. The molecule has 1 aliphatic heterocycles. The van der Waals surface area contributed by atoms with Gasteiger partial charge in [0.15, 0.2) is 5.78 Å². The summed E-state index contributed by atoms with van der Waals surface area (Å²) < 4.78 is 16.7. The summed E-state index contributed by atoms with van der Waals surface area (Å²) in [6.45, 7) is 19.0. The molecule has 1 aromatic carbocycles. The van der Waals surface area contributed by atoms with Crippen molar-refractivity contribution in [1.82, 2.24) is 30.7 Å². The number of piperidine rings is 1. The van der Waals surface area contributed by atoms with Gasteiger partial charge in [0.25, 0.3) is 5.91 Å². The summed E-state index contributed by atoms with van der Waals surface area (Å²) >= 11 is 2.71. The molecule has 0 spiro atoms. The molecule has 0 aliphatic carbocycles. The van der Waals surface area contributed by atoms with Crippen LogP contribution in [0.2, 0.25) is 0 Å². The number of carboxylic acids is 1. The number of likely N-dealkylation sites (tertiary alicyclic amines) is 1. The molecule has 1 aliphatic rings. The Hall–Kier alpha value is -4.80. The number of rotatable bonds is 43. The number of nitrogens with zero attached hydrogens (tertiary/aromatic N) is 3. The van der Waals surface area contributed by atoms with E-state index in [0.717, 1.165) is 56.2 Å². The van der Waals surface area contributed by atoms with Gasteiger partial charge in [-0.2, -0.15) is 11.8 Å². The number of carbonyl (C=O) groups is 8. The van der Waals surface area contributed by atoms with Crippen LogP contribution in [0.15, 0.2) is 23.6 Å². The van der Waals surface area contributed by atoms with Crippen LogP contribution >= 0.6 is 23.1 Å². The third kappa shape index (κ3) is 26.2. The van der Waals surface area contributed by atoms with Crippen LogP contribution in [0.25, 0.3) is 0 Å². The number of benzene rings is 1. The highest BCUT2D eigenvalue weighted by atomic mass is 32.2. The molecule has 8 atom stereocenters. The minimum Gasteiger partial charge on any atom is -0.481 e. The predicted molar refractivity (Wildman–Crippen MR) is 329 cm³/mol. The van der Waals surface area contributed by atoms with Crippen molar-refractivity contribution in [3.63, 3.8) is 0 Å². The Balaban J connectivity index is 1.71. The highest BCUT2D eigenvalue weighted by molar-refractivity contribution is 7.99. The number of ketones is 2. The first-order chi connectivity index (χ1) is 39.7. The summed E-state index contributed by atoms with van der Waals surface area (Å²) in [7, 11) is 3.56. The largest absolute Gasteiger partial charge is 0.481 e. The van der Waals surface area contributed by atoms with Crippen LogP contribution in [0.5, 0.6) is 0 Å². The van der Waals surface area contributed by atoms with Crippen molar-refractivity contribution in [3.8, 4) is 0 Å². The average Bonchev–Trinajstić information content (AvgIpc) is 4.23. The monoisotopic (exact) mass is 1200 g/mol. The molecule has 83 heavy (non-hydrogen) atoms. The van der Waals surface area contributed by atoms with Crippen molar-refractivity contribution in [2.75, 3.05) is 84.1 Å². The number of thioether (sulfide) groups is 1. The Labute approximate surface area is 503 Å². The Bertz CT molecular complexity index is 2340. The van der Waals surface area contributed by atoms with Crippen molar-refractivity contribution in [1.29, 1.82) is 0 Å². The summed E-state index contributed by atoms with van der Waals surface area (Å²) in [5.41, 5.74) is 2.29. The molecule has 1 aromatic heterocycles. The smallest absolute Gasteiger partial charge is 0.306 e. The van der Waals surface area contributed by atoms with Crippen LogP contribution < -0.4 is 21.3 Å². The molecule has 0 saturated carbocycles.